The SMILES string of the molecule is CN1CCN(c2ccc(Nc3nccc(-c4cn(C5CCCCC5)nc4-c4cccc(NS(=O)(=O)c5c(F)cccc5F)c4F)n3)cn2)CC1. The Morgan fingerprint density at radius 1 is 0.840 bits per heavy atom. The Labute approximate surface area is 288 Å². The summed E-state index contributed by atoms with van der Waals surface area (Å²) in [6.07, 6.45) is 10.2. The first-order chi connectivity index (χ1) is 24.2. The monoisotopic (exact) mass is 703 g/mol. The molecule has 50 heavy (non-hydrogen) atoms. The normalized spacial score (nSPS) is 16.0. The Morgan fingerprint density at radius 3 is 2.30 bits per heavy atom. The largest absolute Gasteiger partial charge is 0.354 e. The Kier molecular flexibility index (Phi) is 9.42. The van der Waals surface area contributed by atoms with Crippen LogP contribution in [0.25, 0.3) is 22.5 Å². The number of hydrogen-bond acceptors (Lipinski definition) is 9. The van der Waals surface area contributed by atoms with Crippen LogP contribution in [0, 0.1) is 17.5 Å². The lowest BCUT2D eigenvalue weighted by Gasteiger charge is -2.33. The molecule has 2 aliphatic rings. The Hall–Kier alpha value is -5.02. The molecule has 15 heteroatoms. The molecule has 0 radical (unpaired) electrons. The van der Waals surface area contributed by atoms with Crippen molar-refractivity contribution in [1.29, 1.82) is 0 Å². The first kappa shape index (κ1) is 33.5. The van der Waals surface area contributed by atoms with Crippen molar-refractivity contribution in [2.45, 2.75) is 43.0 Å². The predicted octanol–water partition coefficient (Wildman–Crippen LogP) is 6.62. The fourth-order valence-corrected chi connectivity index (χ4v) is 7.62. The fourth-order valence-electron chi connectivity index (χ4n) is 6.42. The van der Waals surface area contributed by atoms with Crippen LogP contribution in [0.3, 0.4) is 0 Å². The number of nitrogens with zero attached hydrogens (tertiary/aromatic N) is 7. The third-order valence-electron chi connectivity index (χ3n) is 9.13. The van der Waals surface area contributed by atoms with Gasteiger partial charge in [-0.1, -0.05) is 31.4 Å². The average molecular weight is 704 g/mol. The zero-order chi connectivity index (χ0) is 34.8. The van der Waals surface area contributed by atoms with Crippen molar-refractivity contribution in [3.63, 3.8) is 0 Å². The summed E-state index contributed by atoms with van der Waals surface area (Å²) in [5.41, 5.74) is 1.38. The highest BCUT2D eigenvalue weighted by atomic mass is 32.2. The zero-order valence-corrected chi connectivity index (χ0v) is 28.2. The van der Waals surface area contributed by atoms with E-state index in [0.717, 1.165) is 82.3 Å². The summed E-state index contributed by atoms with van der Waals surface area (Å²) < 4.78 is 75.0. The van der Waals surface area contributed by atoms with Crippen molar-refractivity contribution in [3.8, 4) is 22.5 Å². The highest BCUT2D eigenvalue weighted by Gasteiger charge is 2.28. The van der Waals surface area contributed by atoms with Gasteiger partial charge in [0.25, 0.3) is 10.0 Å². The van der Waals surface area contributed by atoms with Gasteiger partial charge in [-0.05, 0) is 62.4 Å². The quantitative estimate of drug-likeness (QED) is 0.175. The summed E-state index contributed by atoms with van der Waals surface area (Å²) in [6, 6.07) is 12.4. The molecule has 1 saturated carbocycles. The Morgan fingerprint density at radius 2 is 1.58 bits per heavy atom. The van der Waals surface area contributed by atoms with Crippen molar-refractivity contribution in [1.82, 2.24) is 29.6 Å². The van der Waals surface area contributed by atoms with Gasteiger partial charge < -0.3 is 15.1 Å². The number of benzene rings is 2. The minimum atomic E-state index is -4.82. The molecule has 1 saturated heterocycles. The van der Waals surface area contributed by atoms with Gasteiger partial charge in [-0.15, -0.1) is 0 Å². The van der Waals surface area contributed by atoms with Crippen LogP contribution in [0.15, 0.2) is 78.1 Å². The van der Waals surface area contributed by atoms with Crippen LogP contribution in [0.2, 0.25) is 0 Å². The van der Waals surface area contributed by atoms with Gasteiger partial charge in [0.2, 0.25) is 5.95 Å². The first-order valence-electron chi connectivity index (χ1n) is 16.5. The number of rotatable bonds is 9. The van der Waals surface area contributed by atoms with E-state index in [9.17, 15) is 17.2 Å². The smallest absolute Gasteiger partial charge is 0.267 e. The average Bonchev–Trinajstić information content (AvgIpc) is 3.56. The summed E-state index contributed by atoms with van der Waals surface area (Å²) in [5.74, 6) is -2.36. The van der Waals surface area contributed by atoms with Crippen LogP contribution in [0.5, 0.6) is 0 Å². The molecule has 2 N–H and O–H groups in total. The third-order valence-corrected chi connectivity index (χ3v) is 10.5. The minimum absolute atomic E-state index is 0.0134. The van der Waals surface area contributed by atoms with Crippen LogP contribution in [-0.4, -0.2) is 71.3 Å². The van der Waals surface area contributed by atoms with Gasteiger partial charge >= 0.3 is 0 Å². The summed E-state index contributed by atoms with van der Waals surface area (Å²) in [5, 5.41) is 8.02. The van der Waals surface area contributed by atoms with Gasteiger partial charge in [-0.2, -0.15) is 5.10 Å². The molecule has 0 atom stereocenters. The van der Waals surface area contributed by atoms with Gasteiger partial charge in [0, 0.05) is 49.7 Å². The zero-order valence-electron chi connectivity index (χ0n) is 27.4. The fraction of sp³-hybridized carbons (Fsp3) is 0.314. The molecule has 0 bridgehead atoms. The number of nitrogens with one attached hydrogen (secondary N) is 2. The molecule has 5 aromatic rings. The molecule has 0 spiro atoms. The second-order valence-electron chi connectivity index (χ2n) is 12.6. The molecule has 11 nitrogen and oxygen atoms in total. The van der Waals surface area contributed by atoms with Crippen LogP contribution in [0.4, 0.5) is 36.3 Å². The van der Waals surface area contributed by atoms with Crippen LogP contribution >= 0.6 is 0 Å². The van der Waals surface area contributed by atoms with E-state index in [2.05, 4.69) is 32.1 Å². The van der Waals surface area contributed by atoms with Gasteiger partial charge in [0.05, 0.1) is 29.3 Å². The molecule has 1 aliphatic heterocycles. The molecular weight excluding hydrogens is 668 g/mol. The molecule has 1 aliphatic carbocycles. The topological polar surface area (TPSA) is 121 Å². The van der Waals surface area contributed by atoms with E-state index in [1.54, 1.807) is 18.5 Å². The molecule has 7 rings (SSSR count). The van der Waals surface area contributed by atoms with E-state index in [4.69, 9.17) is 10.1 Å². The van der Waals surface area contributed by atoms with Crippen LogP contribution in [-0.2, 0) is 10.0 Å². The number of pyridine rings is 1. The number of likely N-dealkylation sites (N-methyl/N-ethyl adjacent to an activating group) is 1. The van der Waals surface area contributed by atoms with Crippen molar-refractivity contribution in [2.75, 3.05) is 48.2 Å². The molecule has 3 aromatic heterocycles. The lowest BCUT2D eigenvalue weighted by atomic mass is 9.96. The van der Waals surface area contributed by atoms with E-state index < -0.39 is 38.1 Å². The maximum Gasteiger partial charge on any atom is 0.267 e. The number of halogens is 3. The van der Waals surface area contributed by atoms with E-state index in [1.807, 2.05) is 27.7 Å². The van der Waals surface area contributed by atoms with Gasteiger partial charge in [-0.25, -0.2) is 36.5 Å². The standard InChI is InChI=1S/C35H36F3N9O2S/c1-45-17-19-46(20-18-45)31-14-13-23(21-40-31)41-35-39-16-15-29(42-35)26-22-47(24-7-3-2-4-8-24)43-33(26)25-9-5-12-30(32(25)38)44-50(48,49)34-27(36)10-6-11-28(34)37/h5-6,9-16,21-22,24,44H,2-4,7-8,17-20H2,1H3,(H,39,41,42). The maximum atomic E-state index is 16.3. The van der Waals surface area contributed by atoms with Gasteiger partial charge in [0.1, 0.15) is 23.1 Å². The second-order valence-corrected chi connectivity index (χ2v) is 14.2. The van der Waals surface area contributed by atoms with Crippen molar-refractivity contribution < 1.29 is 21.6 Å². The summed E-state index contributed by atoms with van der Waals surface area (Å²) in [7, 11) is -2.72. The molecule has 0 amide bonds. The molecular formula is C35H36F3N9O2S. The van der Waals surface area contributed by atoms with E-state index in [1.165, 1.54) is 18.2 Å². The summed E-state index contributed by atoms with van der Waals surface area (Å²) in [6.45, 7) is 3.74. The van der Waals surface area contributed by atoms with Crippen molar-refractivity contribution in [3.05, 3.63) is 90.6 Å². The Bertz CT molecular complexity index is 2080. The number of anilines is 4. The summed E-state index contributed by atoms with van der Waals surface area (Å²) >= 11 is 0. The molecule has 4 heterocycles. The van der Waals surface area contributed by atoms with Crippen LogP contribution in [0.1, 0.15) is 38.1 Å². The van der Waals surface area contributed by atoms with Crippen molar-refractivity contribution in [2.24, 2.45) is 0 Å². The molecule has 260 valence electrons. The number of sulfonamides is 1. The first-order valence-corrected chi connectivity index (χ1v) is 18.0. The molecule has 0 unspecified atom stereocenters. The van der Waals surface area contributed by atoms with Gasteiger partial charge in [0.15, 0.2) is 10.7 Å². The molecule has 2 fully saturated rings. The van der Waals surface area contributed by atoms with Crippen molar-refractivity contribution >= 4 is 33.2 Å². The number of aromatic nitrogens is 5. The van der Waals surface area contributed by atoms with E-state index >= 15 is 4.39 Å². The highest BCUT2D eigenvalue weighted by molar-refractivity contribution is 7.92. The number of piperazine rings is 1. The Balaban J connectivity index is 1.21. The molecule has 2 aromatic carbocycles. The van der Waals surface area contributed by atoms with E-state index in [0.29, 0.717) is 22.9 Å². The second kappa shape index (κ2) is 14.1. The lowest BCUT2D eigenvalue weighted by molar-refractivity contribution is 0.312. The minimum Gasteiger partial charge on any atom is -0.354 e. The van der Waals surface area contributed by atoms with E-state index in [-0.39, 0.29) is 17.3 Å². The highest BCUT2D eigenvalue weighted by Crippen LogP contribution is 2.38. The number of hydrogen-bond donors (Lipinski definition) is 2. The predicted molar refractivity (Wildman–Crippen MR) is 185 cm³/mol. The lowest BCUT2D eigenvalue weighted by Crippen LogP contribution is -2.44. The van der Waals surface area contributed by atoms with Gasteiger partial charge in [-0.3, -0.25) is 9.40 Å². The summed E-state index contributed by atoms with van der Waals surface area (Å²) in [4.78, 5) is 17.1. The third kappa shape index (κ3) is 7.01. The maximum absolute atomic E-state index is 16.3. The van der Waals surface area contributed by atoms with Crippen LogP contribution < -0.4 is 14.9 Å².